The second-order valence-corrected chi connectivity index (χ2v) is 3.61. The van der Waals surface area contributed by atoms with E-state index in [1.165, 1.54) is 0 Å². The van der Waals surface area contributed by atoms with E-state index < -0.39 is 0 Å². The van der Waals surface area contributed by atoms with E-state index in [4.69, 9.17) is 5.73 Å². The van der Waals surface area contributed by atoms with Gasteiger partial charge in [0, 0.05) is 37.3 Å². The monoisotopic (exact) mass is 218 g/mol. The van der Waals surface area contributed by atoms with E-state index in [1.54, 1.807) is 6.20 Å². The summed E-state index contributed by atoms with van der Waals surface area (Å²) < 4.78 is 0. The molecule has 2 aromatic heterocycles. The van der Waals surface area contributed by atoms with Gasteiger partial charge in [0.15, 0.2) is 0 Å². The maximum atomic E-state index is 10.5. The van der Waals surface area contributed by atoms with Gasteiger partial charge >= 0.3 is 0 Å². The van der Waals surface area contributed by atoms with Crippen LogP contribution >= 0.6 is 0 Å². The average molecular weight is 218 g/mol. The predicted octanol–water partition coefficient (Wildman–Crippen LogP) is 0.528. The number of hydrogen-bond donors (Lipinski definition) is 3. The lowest BCUT2D eigenvalue weighted by Crippen LogP contribution is -2.21. The molecule has 0 unspecified atom stereocenters. The number of primary amides is 1. The Morgan fingerprint density at radius 1 is 1.56 bits per heavy atom. The Morgan fingerprint density at radius 2 is 2.44 bits per heavy atom. The summed E-state index contributed by atoms with van der Waals surface area (Å²) in [6.07, 6.45) is 4.04. The second kappa shape index (κ2) is 4.76. The van der Waals surface area contributed by atoms with Crippen molar-refractivity contribution in [1.82, 2.24) is 15.3 Å². The van der Waals surface area contributed by atoms with Crippen LogP contribution in [0, 0.1) is 0 Å². The van der Waals surface area contributed by atoms with E-state index in [9.17, 15) is 4.79 Å². The molecule has 0 aliphatic heterocycles. The van der Waals surface area contributed by atoms with Crippen molar-refractivity contribution in [3.05, 3.63) is 30.1 Å². The van der Waals surface area contributed by atoms with Crippen LogP contribution in [0.1, 0.15) is 12.0 Å². The zero-order valence-electron chi connectivity index (χ0n) is 8.86. The molecule has 2 heterocycles. The van der Waals surface area contributed by atoms with Gasteiger partial charge in [-0.3, -0.25) is 4.79 Å². The Kier molecular flexibility index (Phi) is 3.16. The summed E-state index contributed by atoms with van der Waals surface area (Å²) in [5, 5.41) is 4.27. The predicted molar refractivity (Wildman–Crippen MR) is 61.6 cm³/mol. The van der Waals surface area contributed by atoms with E-state index >= 15 is 0 Å². The van der Waals surface area contributed by atoms with Gasteiger partial charge in [-0.15, -0.1) is 0 Å². The molecule has 0 saturated heterocycles. The third-order valence-electron chi connectivity index (χ3n) is 2.40. The zero-order chi connectivity index (χ0) is 11.4. The summed E-state index contributed by atoms with van der Waals surface area (Å²) in [6, 6.07) is 3.92. The fourth-order valence-corrected chi connectivity index (χ4v) is 1.59. The Bertz CT molecular complexity index is 491. The van der Waals surface area contributed by atoms with Crippen molar-refractivity contribution in [3.8, 4) is 0 Å². The molecule has 0 atom stereocenters. The number of H-pyrrole nitrogens is 1. The van der Waals surface area contributed by atoms with E-state index in [1.807, 2.05) is 18.3 Å². The van der Waals surface area contributed by atoms with Gasteiger partial charge in [-0.25, -0.2) is 4.98 Å². The Labute approximate surface area is 93.1 Å². The number of aromatic nitrogens is 2. The van der Waals surface area contributed by atoms with Gasteiger partial charge in [-0.05, 0) is 17.7 Å². The van der Waals surface area contributed by atoms with Crippen LogP contribution in [-0.4, -0.2) is 22.4 Å². The normalized spacial score (nSPS) is 10.8. The minimum Gasteiger partial charge on any atom is -0.370 e. The lowest BCUT2D eigenvalue weighted by atomic mass is 10.2. The highest BCUT2D eigenvalue weighted by Gasteiger charge is 2.03. The van der Waals surface area contributed by atoms with E-state index in [2.05, 4.69) is 15.3 Å². The summed E-state index contributed by atoms with van der Waals surface area (Å²) in [5.74, 6) is -0.284. The molecule has 4 N–H and O–H groups in total. The Hall–Kier alpha value is -1.88. The molecule has 0 fully saturated rings. The van der Waals surface area contributed by atoms with Crippen molar-refractivity contribution in [2.75, 3.05) is 6.54 Å². The number of aromatic amines is 1. The van der Waals surface area contributed by atoms with E-state index in [-0.39, 0.29) is 5.91 Å². The summed E-state index contributed by atoms with van der Waals surface area (Å²) in [4.78, 5) is 17.8. The van der Waals surface area contributed by atoms with Crippen molar-refractivity contribution in [1.29, 1.82) is 0 Å². The highest BCUT2D eigenvalue weighted by atomic mass is 16.1. The van der Waals surface area contributed by atoms with Crippen LogP contribution in [0.15, 0.2) is 24.5 Å². The quantitative estimate of drug-likeness (QED) is 0.640. The van der Waals surface area contributed by atoms with Crippen molar-refractivity contribution < 1.29 is 4.79 Å². The number of nitrogens with one attached hydrogen (secondary N) is 2. The number of fused-ring (bicyclic) bond motifs is 1. The second-order valence-electron chi connectivity index (χ2n) is 3.61. The average Bonchev–Trinajstić information content (AvgIpc) is 2.68. The van der Waals surface area contributed by atoms with Gasteiger partial charge < -0.3 is 16.0 Å². The molecular formula is C11H14N4O. The molecule has 0 radical (unpaired) electrons. The van der Waals surface area contributed by atoms with Crippen LogP contribution in [0.5, 0.6) is 0 Å². The number of nitrogens with two attached hydrogens (primary N) is 1. The summed E-state index contributed by atoms with van der Waals surface area (Å²) in [5.41, 5.74) is 7.08. The van der Waals surface area contributed by atoms with Gasteiger partial charge in [0.2, 0.25) is 5.91 Å². The van der Waals surface area contributed by atoms with Gasteiger partial charge in [0.05, 0.1) is 0 Å². The van der Waals surface area contributed by atoms with Gasteiger partial charge in [0.1, 0.15) is 5.65 Å². The van der Waals surface area contributed by atoms with Crippen molar-refractivity contribution in [2.45, 2.75) is 13.0 Å². The summed E-state index contributed by atoms with van der Waals surface area (Å²) in [6.45, 7) is 1.31. The highest BCUT2D eigenvalue weighted by Crippen LogP contribution is 2.14. The van der Waals surface area contributed by atoms with Gasteiger partial charge in [-0.2, -0.15) is 0 Å². The number of carbonyl (C=O) groups excluding carboxylic acids is 1. The molecule has 1 amide bonds. The zero-order valence-corrected chi connectivity index (χ0v) is 8.86. The molecule has 0 aromatic carbocycles. The minimum atomic E-state index is -0.284. The maximum Gasteiger partial charge on any atom is 0.218 e. The fourth-order valence-electron chi connectivity index (χ4n) is 1.59. The summed E-state index contributed by atoms with van der Waals surface area (Å²) >= 11 is 0. The third-order valence-corrected chi connectivity index (χ3v) is 2.40. The lowest BCUT2D eigenvalue weighted by molar-refractivity contribution is -0.117. The first-order valence-electron chi connectivity index (χ1n) is 5.17. The molecule has 0 bridgehead atoms. The van der Waals surface area contributed by atoms with Crippen LogP contribution in [0.25, 0.3) is 11.0 Å². The molecule has 5 nitrogen and oxygen atoms in total. The molecule has 84 valence electrons. The maximum absolute atomic E-state index is 10.5. The smallest absolute Gasteiger partial charge is 0.218 e. The number of amides is 1. The van der Waals surface area contributed by atoms with Crippen molar-refractivity contribution in [3.63, 3.8) is 0 Å². The first-order chi connectivity index (χ1) is 7.77. The van der Waals surface area contributed by atoms with Crippen molar-refractivity contribution in [2.24, 2.45) is 5.73 Å². The number of rotatable bonds is 5. The van der Waals surface area contributed by atoms with Crippen molar-refractivity contribution >= 4 is 16.9 Å². The molecule has 2 rings (SSSR count). The number of hydrogen-bond acceptors (Lipinski definition) is 3. The van der Waals surface area contributed by atoms with Crippen LogP contribution in [0.4, 0.5) is 0 Å². The van der Waals surface area contributed by atoms with E-state index in [0.717, 1.165) is 16.6 Å². The molecule has 16 heavy (non-hydrogen) atoms. The van der Waals surface area contributed by atoms with Crippen LogP contribution in [-0.2, 0) is 11.3 Å². The Balaban J connectivity index is 1.97. The molecule has 0 aliphatic rings. The number of nitrogens with zero attached hydrogens (tertiary/aromatic N) is 1. The number of pyridine rings is 1. The lowest BCUT2D eigenvalue weighted by Gasteiger charge is -2.01. The first-order valence-corrected chi connectivity index (χ1v) is 5.17. The highest BCUT2D eigenvalue weighted by molar-refractivity contribution is 5.79. The van der Waals surface area contributed by atoms with Gasteiger partial charge in [0.25, 0.3) is 0 Å². The third kappa shape index (κ3) is 2.38. The van der Waals surface area contributed by atoms with Gasteiger partial charge in [-0.1, -0.05) is 0 Å². The molecule has 5 heteroatoms. The standard InChI is InChI=1S/C11H14N4O/c12-10(16)3-5-13-6-8-7-15-11-9(8)2-1-4-14-11/h1-2,4,7,13H,3,5-6H2,(H2,12,16)(H,14,15). The molecule has 0 aliphatic carbocycles. The molecule has 2 aromatic rings. The molecule has 0 saturated carbocycles. The fraction of sp³-hybridized carbons (Fsp3) is 0.273. The Morgan fingerprint density at radius 3 is 3.25 bits per heavy atom. The topological polar surface area (TPSA) is 83.8 Å². The SMILES string of the molecule is NC(=O)CCNCc1c[nH]c2ncccc12. The minimum absolute atomic E-state index is 0.284. The largest absolute Gasteiger partial charge is 0.370 e. The summed E-state index contributed by atoms with van der Waals surface area (Å²) in [7, 11) is 0. The number of carbonyl (C=O) groups is 1. The first kappa shape index (κ1) is 10.6. The molecule has 0 spiro atoms. The van der Waals surface area contributed by atoms with Crippen LogP contribution in [0.2, 0.25) is 0 Å². The van der Waals surface area contributed by atoms with Crippen LogP contribution in [0.3, 0.4) is 0 Å². The van der Waals surface area contributed by atoms with E-state index in [0.29, 0.717) is 19.5 Å². The molecular weight excluding hydrogens is 204 g/mol. The van der Waals surface area contributed by atoms with Crippen LogP contribution < -0.4 is 11.1 Å².